The van der Waals surface area contributed by atoms with Crippen molar-refractivity contribution < 1.29 is 47.3 Å². The highest BCUT2D eigenvalue weighted by Gasteiger charge is 2.40. The third-order valence-corrected chi connectivity index (χ3v) is 6.04. The van der Waals surface area contributed by atoms with Gasteiger partial charge in [-0.15, -0.1) is 0 Å². The molecule has 2 aliphatic rings. The molecule has 1 atom stereocenters. The number of hydrogen-bond acceptors (Lipinski definition) is 8. The number of nitrogens with one attached hydrogen (secondary N) is 1. The first-order chi connectivity index (χ1) is 17.0. The molecular formula is C23H29F2N3O8. The number of cyclic esters (lactones) is 1. The fourth-order valence-corrected chi connectivity index (χ4v) is 4.28. The zero-order valence-electron chi connectivity index (χ0n) is 20.1. The van der Waals surface area contributed by atoms with E-state index in [1.807, 2.05) is 0 Å². The first kappa shape index (κ1) is 27.1. The van der Waals surface area contributed by atoms with Gasteiger partial charge in [-0.1, -0.05) is 0 Å². The zero-order valence-corrected chi connectivity index (χ0v) is 20.1. The molecule has 2 amide bonds. The maximum absolute atomic E-state index is 15.1. The Hall–Kier alpha value is -3.48. The largest absolute Gasteiger partial charge is 0.481 e. The van der Waals surface area contributed by atoms with Crippen molar-refractivity contribution in [2.75, 3.05) is 49.7 Å². The van der Waals surface area contributed by atoms with Gasteiger partial charge >= 0.3 is 18.0 Å². The van der Waals surface area contributed by atoms with E-state index in [-0.39, 0.29) is 75.8 Å². The van der Waals surface area contributed by atoms with Gasteiger partial charge in [0.1, 0.15) is 17.4 Å². The van der Waals surface area contributed by atoms with Crippen LogP contribution in [0.1, 0.15) is 32.6 Å². The summed E-state index contributed by atoms with van der Waals surface area (Å²) in [5.74, 6) is -3.85. The SMILES string of the molecule is COCC1(OC(=O)CCC(=O)O)CCN(c2c(F)cc(N3C[C@H](CNC(C)=O)OC3=O)cc2F)CC1. The first-order valence-electron chi connectivity index (χ1n) is 11.4. The molecule has 11 nitrogen and oxygen atoms in total. The molecule has 36 heavy (non-hydrogen) atoms. The number of anilines is 2. The van der Waals surface area contributed by atoms with Crippen LogP contribution in [0.3, 0.4) is 0 Å². The number of esters is 1. The number of aliphatic carboxylic acids is 1. The van der Waals surface area contributed by atoms with Gasteiger partial charge in [0, 0.05) is 52.1 Å². The number of piperidine rings is 1. The van der Waals surface area contributed by atoms with Crippen molar-refractivity contribution in [3.8, 4) is 0 Å². The van der Waals surface area contributed by atoms with E-state index in [0.717, 1.165) is 17.0 Å². The number of carboxylic acids is 1. The Morgan fingerprint density at radius 2 is 1.83 bits per heavy atom. The molecule has 2 N–H and O–H groups in total. The van der Waals surface area contributed by atoms with Gasteiger partial charge in [-0.05, 0) is 0 Å². The van der Waals surface area contributed by atoms with E-state index >= 15 is 8.78 Å². The van der Waals surface area contributed by atoms with Crippen LogP contribution in [0.15, 0.2) is 12.1 Å². The van der Waals surface area contributed by atoms with E-state index in [0.29, 0.717) is 0 Å². The highest BCUT2D eigenvalue weighted by atomic mass is 19.1. The summed E-state index contributed by atoms with van der Waals surface area (Å²) in [6.07, 6.45) is -1.66. The summed E-state index contributed by atoms with van der Waals surface area (Å²) >= 11 is 0. The molecule has 2 aliphatic heterocycles. The third kappa shape index (κ3) is 6.59. The number of nitrogens with zero attached hydrogens (tertiary/aromatic N) is 2. The van der Waals surface area contributed by atoms with Crippen molar-refractivity contribution in [2.24, 2.45) is 0 Å². The van der Waals surface area contributed by atoms with Crippen molar-refractivity contribution in [1.29, 1.82) is 0 Å². The number of benzene rings is 1. The lowest BCUT2D eigenvalue weighted by atomic mass is 9.91. The number of rotatable bonds is 10. The van der Waals surface area contributed by atoms with Gasteiger partial charge in [-0.2, -0.15) is 0 Å². The molecule has 0 radical (unpaired) electrons. The Kier molecular flexibility index (Phi) is 8.66. The Labute approximate surface area is 206 Å². The summed E-state index contributed by atoms with van der Waals surface area (Å²) in [5.41, 5.74) is -1.32. The smallest absolute Gasteiger partial charge is 0.414 e. The molecule has 3 rings (SSSR count). The lowest BCUT2D eigenvalue weighted by Gasteiger charge is -2.41. The van der Waals surface area contributed by atoms with Crippen LogP contribution in [-0.2, 0) is 28.6 Å². The molecule has 0 unspecified atom stereocenters. The molecule has 0 bridgehead atoms. The minimum Gasteiger partial charge on any atom is -0.481 e. The number of hydrogen-bond donors (Lipinski definition) is 2. The maximum Gasteiger partial charge on any atom is 0.414 e. The van der Waals surface area contributed by atoms with Crippen LogP contribution in [0.25, 0.3) is 0 Å². The van der Waals surface area contributed by atoms with Crippen LogP contribution >= 0.6 is 0 Å². The van der Waals surface area contributed by atoms with E-state index in [1.54, 1.807) is 0 Å². The van der Waals surface area contributed by atoms with E-state index in [2.05, 4.69) is 5.32 Å². The summed E-state index contributed by atoms with van der Waals surface area (Å²) < 4.78 is 46.0. The number of carbonyl (C=O) groups is 4. The molecule has 2 fully saturated rings. The Morgan fingerprint density at radius 1 is 1.19 bits per heavy atom. The van der Waals surface area contributed by atoms with Gasteiger partial charge < -0.3 is 29.5 Å². The van der Waals surface area contributed by atoms with Gasteiger partial charge in [-0.3, -0.25) is 19.3 Å². The van der Waals surface area contributed by atoms with Gasteiger partial charge in [0.2, 0.25) is 5.91 Å². The van der Waals surface area contributed by atoms with Crippen molar-refractivity contribution in [1.82, 2.24) is 5.32 Å². The molecule has 0 spiro atoms. The van der Waals surface area contributed by atoms with Crippen LogP contribution in [0.2, 0.25) is 0 Å². The third-order valence-electron chi connectivity index (χ3n) is 6.04. The second-order valence-electron chi connectivity index (χ2n) is 8.78. The summed E-state index contributed by atoms with van der Waals surface area (Å²) in [7, 11) is 1.43. The van der Waals surface area contributed by atoms with Gasteiger partial charge in [0.15, 0.2) is 11.6 Å². The highest BCUT2D eigenvalue weighted by molar-refractivity contribution is 5.90. The number of halogens is 2. The summed E-state index contributed by atoms with van der Waals surface area (Å²) in [6, 6.07) is 2.09. The fraction of sp³-hybridized carbons (Fsp3) is 0.565. The number of methoxy groups -OCH3 is 1. The molecule has 0 aliphatic carbocycles. The van der Waals surface area contributed by atoms with Crippen LogP contribution in [0.5, 0.6) is 0 Å². The van der Waals surface area contributed by atoms with E-state index < -0.39 is 41.4 Å². The molecule has 13 heteroatoms. The van der Waals surface area contributed by atoms with Crippen molar-refractivity contribution in [3.05, 3.63) is 23.8 Å². The van der Waals surface area contributed by atoms with Crippen LogP contribution in [0, 0.1) is 11.6 Å². The molecule has 0 aromatic heterocycles. The van der Waals surface area contributed by atoms with Gasteiger partial charge in [0.05, 0.1) is 38.2 Å². The number of ether oxygens (including phenoxy) is 3. The number of carboxylic acid groups (broad SMARTS) is 1. The van der Waals surface area contributed by atoms with Crippen molar-refractivity contribution in [3.63, 3.8) is 0 Å². The van der Waals surface area contributed by atoms with Crippen molar-refractivity contribution >= 4 is 35.3 Å². The minimum atomic E-state index is -1.12. The van der Waals surface area contributed by atoms with E-state index in [4.69, 9.17) is 19.3 Å². The first-order valence-corrected chi connectivity index (χ1v) is 11.4. The van der Waals surface area contributed by atoms with Crippen LogP contribution in [-0.4, -0.2) is 80.6 Å². The average molecular weight is 513 g/mol. The van der Waals surface area contributed by atoms with Crippen LogP contribution < -0.4 is 15.1 Å². The number of amides is 2. The summed E-state index contributed by atoms with van der Waals surface area (Å²) in [4.78, 5) is 48.7. The van der Waals surface area contributed by atoms with Crippen LogP contribution in [0.4, 0.5) is 25.0 Å². The zero-order chi connectivity index (χ0) is 26.5. The topological polar surface area (TPSA) is 135 Å². The monoisotopic (exact) mass is 513 g/mol. The molecule has 198 valence electrons. The summed E-state index contributed by atoms with van der Waals surface area (Å²) in [5, 5.41) is 11.3. The predicted octanol–water partition coefficient (Wildman–Crippen LogP) is 1.82. The minimum absolute atomic E-state index is 0.0119. The van der Waals surface area contributed by atoms with Gasteiger partial charge in [0.25, 0.3) is 0 Å². The Bertz CT molecular complexity index is 990. The summed E-state index contributed by atoms with van der Waals surface area (Å²) in [6.45, 7) is 1.77. The molecular weight excluding hydrogens is 484 g/mol. The molecule has 1 aromatic rings. The maximum atomic E-state index is 15.1. The fourth-order valence-electron chi connectivity index (χ4n) is 4.28. The van der Waals surface area contributed by atoms with Crippen molar-refractivity contribution in [2.45, 2.75) is 44.3 Å². The van der Waals surface area contributed by atoms with E-state index in [1.165, 1.54) is 18.9 Å². The lowest BCUT2D eigenvalue weighted by Crippen LogP contribution is -2.50. The average Bonchev–Trinajstić information content (AvgIpc) is 3.18. The number of carbonyl (C=O) groups excluding carboxylic acids is 3. The van der Waals surface area contributed by atoms with Gasteiger partial charge in [-0.25, -0.2) is 13.6 Å². The predicted molar refractivity (Wildman–Crippen MR) is 122 cm³/mol. The Morgan fingerprint density at radius 3 is 2.39 bits per heavy atom. The normalized spacial score (nSPS) is 19.1. The molecule has 1 aromatic carbocycles. The molecule has 2 heterocycles. The molecule has 0 saturated carbocycles. The second-order valence-corrected chi connectivity index (χ2v) is 8.78. The lowest BCUT2D eigenvalue weighted by molar-refractivity contribution is -0.169. The highest BCUT2D eigenvalue weighted by Crippen LogP contribution is 2.35. The molecule has 2 saturated heterocycles. The standard InChI is InChI=1S/C23H29F2N3O8/c1-14(29)26-11-16-12-28(22(33)35-16)15-9-17(24)21(18(25)10-15)27-7-5-23(6-8-27,13-34-2)36-20(32)4-3-19(30)31/h9-10,16H,3-8,11-13H2,1-2H3,(H,26,29)(H,30,31)/t16-/m0/s1. The second kappa shape index (κ2) is 11.5. The van der Waals surface area contributed by atoms with E-state index in [9.17, 15) is 19.2 Å². The Balaban J connectivity index is 1.68. The quantitative estimate of drug-likeness (QED) is 0.449.